The Hall–Kier alpha value is -2.04. The van der Waals surface area contributed by atoms with E-state index in [1.807, 2.05) is 49.1 Å². The highest BCUT2D eigenvalue weighted by molar-refractivity contribution is 5.83. The average molecular weight is 332 g/mol. The van der Waals surface area contributed by atoms with Crippen molar-refractivity contribution in [3.8, 4) is 0 Å². The number of carbonyl (C=O) groups excluding carboxylic acids is 2. The highest BCUT2D eigenvalue weighted by Crippen LogP contribution is 2.12. The number of likely N-dealkylation sites (tertiary alicyclic amines) is 1. The number of esters is 1. The molecule has 1 fully saturated rings. The Labute approximate surface area is 144 Å². The van der Waals surface area contributed by atoms with E-state index in [0.717, 1.165) is 44.3 Å². The number of urea groups is 1. The molecule has 1 aliphatic rings. The second-order valence-corrected chi connectivity index (χ2v) is 6.67. The molecule has 0 saturated carbocycles. The molecule has 24 heavy (non-hydrogen) atoms. The number of hydrogen-bond acceptors (Lipinski definition) is 3. The molecule has 1 aromatic rings. The lowest BCUT2D eigenvalue weighted by atomic mass is 10.0. The van der Waals surface area contributed by atoms with Crippen molar-refractivity contribution >= 4 is 12.0 Å². The first-order chi connectivity index (χ1) is 11.6. The minimum absolute atomic E-state index is 0.0239. The van der Waals surface area contributed by atoms with Gasteiger partial charge in [0, 0.05) is 13.1 Å². The van der Waals surface area contributed by atoms with Crippen LogP contribution in [0.3, 0.4) is 0 Å². The molecule has 0 aliphatic carbocycles. The van der Waals surface area contributed by atoms with Crippen LogP contribution in [0.15, 0.2) is 30.3 Å². The zero-order valence-electron chi connectivity index (χ0n) is 14.7. The van der Waals surface area contributed by atoms with E-state index in [2.05, 4.69) is 5.32 Å². The summed E-state index contributed by atoms with van der Waals surface area (Å²) < 4.78 is 5.39. The van der Waals surface area contributed by atoms with Crippen LogP contribution < -0.4 is 5.32 Å². The lowest BCUT2D eigenvalue weighted by molar-refractivity contribution is -0.148. The molecule has 1 N–H and O–H groups in total. The second kappa shape index (κ2) is 9.30. The number of carbonyl (C=O) groups is 2. The predicted molar refractivity (Wildman–Crippen MR) is 93.4 cm³/mol. The van der Waals surface area contributed by atoms with Crippen molar-refractivity contribution in [3.63, 3.8) is 0 Å². The summed E-state index contributed by atoms with van der Waals surface area (Å²) in [4.78, 5) is 26.7. The van der Waals surface area contributed by atoms with Gasteiger partial charge >= 0.3 is 12.0 Å². The largest absolute Gasteiger partial charge is 0.459 e. The maximum atomic E-state index is 12.5. The maximum absolute atomic E-state index is 12.5. The molecule has 1 atom stereocenters. The van der Waals surface area contributed by atoms with Crippen molar-refractivity contribution in [1.29, 1.82) is 0 Å². The molecule has 1 saturated heterocycles. The van der Waals surface area contributed by atoms with Gasteiger partial charge in [-0.3, -0.25) is 0 Å². The number of hydrogen-bond donors (Lipinski definition) is 1. The lowest BCUT2D eigenvalue weighted by Gasteiger charge is -2.26. The molecule has 0 aromatic heterocycles. The molecule has 5 nitrogen and oxygen atoms in total. The summed E-state index contributed by atoms with van der Waals surface area (Å²) in [6.45, 7) is 5.57. The molecule has 0 spiro atoms. The first-order valence-corrected chi connectivity index (χ1v) is 8.84. The third-order valence-electron chi connectivity index (χ3n) is 4.32. The number of nitrogens with zero attached hydrogens (tertiary/aromatic N) is 1. The van der Waals surface area contributed by atoms with Crippen LogP contribution >= 0.6 is 0 Å². The number of benzene rings is 1. The van der Waals surface area contributed by atoms with Crippen molar-refractivity contribution < 1.29 is 14.3 Å². The highest BCUT2D eigenvalue weighted by Gasteiger charge is 2.28. The van der Waals surface area contributed by atoms with E-state index >= 15 is 0 Å². The van der Waals surface area contributed by atoms with E-state index < -0.39 is 6.04 Å². The molecule has 1 aromatic carbocycles. The van der Waals surface area contributed by atoms with Crippen LogP contribution in [-0.4, -0.2) is 36.0 Å². The van der Waals surface area contributed by atoms with E-state index in [0.29, 0.717) is 0 Å². The fourth-order valence-corrected chi connectivity index (χ4v) is 2.81. The van der Waals surface area contributed by atoms with Crippen LogP contribution in [0.25, 0.3) is 0 Å². The topological polar surface area (TPSA) is 58.6 Å². The van der Waals surface area contributed by atoms with Crippen LogP contribution in [0.1, 0.15) is 45.1 Å². The van der Waals surface area contributed by atoms with E-state index in [9.17, 15) is 9.59 Å². The summed E-state index contributed by atoms with van der Waals surface area (Å²) in [5.74, 6) is -0.402. The summed E-state index contributed by atoms with van der Waals surface area (Å²) in [7, 11) is 0. The standard InChI is InChI=1S/C19H28N2O3/c1-15(2)17(18(22)24-14-16-10-6-5-7-11-16)20-19(23)21-12-8-3-4-9-13-21/h5-7,10-11,15,17H,3-4,8-9,12-14H2,1-2H3,(H,20,23). The predicted octanol–water partition coefficient (Wildman–Crippen LogP) is 3.34. The zero-order chi connectivity index (χ0) is 17.4. The second-order valence-electron chi connectivity index (χ2n) is 6.67. The summed E-state index contributed by atoms with van der Waals surface area (Å²) in [6.07, 6.45) is 4.38. The first-order valence-electron chi connectivity index (χ1n) is 8.84. The molecule has 2 rings (SSSR count). The normalized spacial score (nSPS) is 16.4. The van der Waals surface area contributed by atoms with Gasteiger partial charge in [-0.2, -0.15) is 0 Å². The van der Waals surface area contributed by atoms with Crippen LogP contribution in [0.5, 0.6) is 0 Å². The van der Waals surface area contributed by atoms with E-state index in [1.54, 1.807) is 0 Å². The number of ether oxygens (including phenoxy) is 1. The van der Waals surface area contributed by atoms with E-state index in [4.69, 9.17) is 4.74 Å². The third kappa shape index (κ3) is 5.55. The molecule has 0 radical (unpaired) electrons. The van der Waals surface area contributed by atoms with Crippen molar-refractivity contribution in [1.82, 2.24) is 10.2 Å². The molecule has 132 valence electrons. The monoisotopic (exact) mass is 332 g/mol. The summed E-state index contributed by atoms with van der Waals surface area (Å²) in [6, 6.07) is 8.77. The molecule has 1 unspecified atom stereocenters. The minimum atomic E-state index is -0.621. The molecule has 1 aliphatic heterocycles. The number of nitrogens with one attached hydrogen (secondary N) is 1. The van der Waals surface area contributed by atoms with Gasteiger partial charge in [0.15, 0.2) is 0 Å². The smallest absolute Gasteiger partial charge is 0.329 e. The Kier molecular flexibility index (Phi) is 7.09. The summed E-state index contributed by atoms with van der Waals surface area (Å²) in [5.41, 5.74) is 0.937. The fourth-order valence-electron chi connectivity index (χ4n) is 2.81. The Balaban J connectivity index is 1.90. The fraction of sp³-hybridized carbons (Fsp3) is 0.579. The number of amides is 2. The van der Waals surface area contributed by atoms with Gasteiger partial charge in [0.1, 0.15) is 12.6 Å². The quantitative estimate of drug-likeness (QED) is 0.841. The van der Waals surface area contributed by atoms with Crippen molar-refractivity contribution in [3.05, 3.63) is 35.9 Å². The number of rotatable bonds is 5. The maximum Gasteiger partial charge on any atom is 0.329 e. The molecular weight excluding hydrogens is 304 g/mol. The Morgan fingerprint density at radius 2 is 1.71 bits per heavy atom. The van der Waals surface area contributed by atoms with Crippen LogP contribution in [0.4, 0.5) is 4.79 Å². The highest BCUT2D eigenvalue weighted by atomic mass is 16.5. The van der Waals surface area contributed by atoms with Crippen molar-refractivity contribution in [2.45, 2.75) is 52.2 Å². The van der Waals surface area contributed by atoms with Gasteiger partial charge in [-0.15, -0.1) is 0 Å². The minimum Gasteiger partial charge on any atom is -0.459 e. The van der Waals surface area contributed by atoms with Gasteiger partial charge < -0.3 is 15.0 Å². The van der Waals surface area contributed by atoms with Gasteiger partial charge in [0.2, 0.25) is 0 Å². The average Bonchev–Trinajstić information content (AvgIpc) is 2.87. The van der Waals surface area contributed by atoms with Crippen LogP contribution in [0.2, 0.25) is 0 Å². The van der Waals surface area contributed by atoms with E-state index in [-0.39, 0.29) is 24.5 Å². The Bertz CT molecular complexity index is 523. The molecular formula is C19H28N2O3. The Morgan fingerprint density at radius 1 is 1.08 bits per heavy atom. The van der Waals surface area contributed by atoms with Gasteiger partial charge in [-0.1, -0.05) is 57.0 Å². The molecule has 2 amide bonds. The Morgan fingerprint density at radius 3 is 2.29 bits per heavy atom. The first kappa shape index (κ1) is 18.3. The van der Waals surface area contributed by atoms with Crippen LogP contribution in [0, 0.1) is 5.92 Å². The SMILES string of the molecule is CC(C)C(NC(=O)N1CCCCCC1)C(=O)OCc1ccccc1. The molecule has 1 heterocycles. The lowest BCUT2D eigenvalue weighted by Crippen LogP contribution is -2.50. The molecule has 0 bridgehead atoms. The van der Waals surface area contributed by atoms with Crippen molar-refractivity contribution in [2.75, 3.05) is 13.1 Å². The van der Waals surface area contributed by atoms with Crippen molar-refractivity contribution in [2.24, 2.45) is 5.92 Å². The van der Waals surface area contributed by atoms with Gasteiger partial charge in [-0.25, -0.2) is 9.59 Å². The zero-order valence-corrected chi connectivity index (χ0v) is 14.7. The third-order valence-corrected chi connectivity index (χ3v) is 4.32. The van der Waals surface area contributed by atoms with Crippen LogP contribution in [-0.2, 0) is 16.1 Å². The summed E-state index contributed by atoms with van der Waals surface area (Å²) in [5, 5.41) is 2.86. The summed E-state index contributed by atoms with van der Waals surface area (Å²) >= 11 is 0. The van der Waals surface area contributed by atoms with Gasteiger partial charge in [0.05, 0.1) is 0 Å². The van der Waals surface area contributed by atoms with Gasteiger partial charge in [0.25, 0.3) is 0 Å². The van der Waals surface area contributed by atoms with Gasteiger partial charge in [-0.05, 0) is 24.3 Å². The molecule has 5 heteroatoms. The van der Waals surface area contributed by atoms with E-state index in [1.165, 1.54) is 0 Å².